The average Bonchev–Trinajstić information content (AvgIpc) is 3.37. The number of rotatable bonds is 6. The van der Waals surface area contributed by atoms with Crippen LogP contribution in [-0.4, -0.2) is 23.6 Å². The normalized spacial score (nSPS) is 14.6. The van der Waals surface area contributed by atoms with E-state index in [0.717, 1.165) is 24.0 Å². The number of aliphatic carboxylic acids is 1. The molecule has 3 rings (SSSR count). The second kappa shape index (κ2) is 6.76. The second-order valence-electron chi connectivity index (χ2n) is 6.21. The highest BCUT2D eigenvalue weighted by Gasteiger charge is 2.51. The van der Waals surface area contributed by atoms with Gasteiger partial charge in [0.2, 0.25) is 5.91 Å². The minimum Gasteiger partial charge on any atom is -0.482 e. The predicted octanol–water partition coefficient (Wildman–Crippen LogP) is 3.78. The molecule has 0 spiro atoms. The number of carbonyl (C=O) groups excluding carboxylic acids is 1. The standard InChI is InChI=1S/C19H18ClNO4/c1-12-9-15(25-11-17(22)23)5-6-16(12)21-18(24)19(7-8-19)13-3-2-4-14(20)10-13/h2-6,9-10H,7-8,11H2,1H3,(H,21,24)(H,22,23). The van der Waals surface area contributed by atoms with E-state index in [9.17, 15) is 9.59 Å². The van der Waals surface area contributed by atoms with Gasteiger partial charge < -0.3 is 15.2 Å². The van der Waals surface area contributed by atoms with Crippen LogP contribution in [0.1, 0.15) is 24.0 Å². The fourth-order valence-electron chi connectivity index (χ4n) is 2.81. The van der Waals surface area contributed by atoms with Gasteiger partial charge in [-0.05, 0) is 61.2 Å². The SMILES string of the molecule is Cc1cc(OCC(=O)O)ccc1NC(=O)C1(c2cccc(Cl)c2)CC1. The monoisotopic (exact) mass is 359 g/mol. The lowest BCUT2D eigenvalue weighted by atomic mass is 9.95. The molecule has 130 valence electrons. The van der Waals surface area contributed by atoms with E-state index in [1.165, 1.54) is 0 Å². The van der Waals surface area contributed by atoms with Crippen molar-refractivity contribution < 1.29 is 19.4 Å². The zero-order valence-electron chi connectivity index (χ0n) is 13.7. The zero-order valence-corrected chi connectivity index (χ0v) is 14.5. The van der Waals surface area contributed by atoms with Crippen LogP contribution in [0, 0.1) is 6.92 Å². The van der Waals surface area contributed by atoms with Gasteiger partial charge in [0, 0.05) is 10.7 Å². The lowest BCUT2D eigenvalue weighted by Gasteiger charge is -2.17. The molecule has 0 radical (unpaired) electrons. The van der Waals surface area contributed by atoms with Crippen molar-refractivity contribution in [3.63, 3.8) is 0 Å². The Kier molecular flexibility index (Phi) is 4.68. The van der Waals surface area contributed by atoms with Gasteiger partial charge in [0.1, 0.15) is 5.75 Å². The third kappa shape index (κ3) is 3.77. The highest BCUT2D eigenvalue weighted by molar-refractivity contribution is 6.30. The van der Waals surface area contributed by atoms with E-state index in [1.807, 2.05) is 25.1 Å². The number of carboxylic acids is 1. The Bertz CT molecular complexity index is 830. The molecular formula is C19H18ClNO4. The minimum atomic E-state index is -1.03. The quantitative estimate of drug-likeness (QED) is 0.823. The van der Waals surface area contributed by atoms with Crippen LogP contribution >= 0.6 is 11.6 Å². The number of benzene rings is 2. The molecule has 2 aromatic carbocycles. The summed E-state index contributed by atoms with van der Waals surface area (Å²) in [6.45, 7) is 1.44. The van der Waals surface area contributed by atoms with Crippen LogP contribution in [0.15, 0.2) is 42.5 Å². The first-order chi connectivity index (χ1) is 11.9. The summed E-state index contributed by atoms with van der Waals surface area (Å²) in [6, 6.07) is 12.5. The number of amides is 1. The van der Waals surface area contributed by atoms with Gasteiger partial charge in [0.05, 0.1) is 5.41 Å². The third-order valence-electron chi connectivity index (χ3n) is 4.37. The second-order valence-corrected chi connectivity index (χ2v) is 6.64. The Hall–Kier alpha value is -2.53. The molecule has 2 aromatic rings. The summed E-state index contributed by atoms with van der Waals surface area (Å²) in [5.41, 5.74) is 1.89. The molecule has 5 nitrogen and oxygen atoms in total. The van der Waals surface area contributed by atoms with Crippen molar-refractivity contribution in [3.05, 3.63) is 58.6 Å². The van der Waals surface area contributed by atoms with Gasteiger partial charge in [0.25, 0.3) is 0 Å². The van der Waals surface area contributed by atoms with Gasteiger partial charge in [-0.15, -0.1) is 0 Å². The molecule has 6 heteroatoms. The van der Waals surface area contributed by atoms with Gasteiger partial charge >= 0.3 is 5.97 Å². The lowest BCUT2D eigenvalue weighted by molar-refractivity contribution is -0.139. The molecule has 25 heavy (non-hydrogen) atoms. The molecule has 1 fully saturated rings. The average molecular weight is 360 g/mol. The maximum Gasteiger partial charge on any atom is 0.341 e. The first-order valence-corrected chi connectivity index (χ1v) is 8.31. The van der Waals surface area contributed by atoms with Crippen molar-refractivity contribution in [3.8, 4) is 5.75 Å². The van der Waals surface area contributed by atoms with Gasteiger partial charge in [0.15, 0.2) is 6.61 Å². The van der Waals surface area contributed by atoms with Gasteiger partial charge in [-0.1, -0.05) is 23.7 Å². The molecule has 2 N–H and O–H groups in total. The van der Waals surface area contributed by atoms with Crippen LogP contribution in [0.2, 0.25) is 5.02 Å². The number of halogens is 1. The number of aryl methyl sites for hydroxylation is 1. The number of ether oxygens (including phenoxy) is 1. The number of nitrogens with one attached hydrogen (secondary N) is 1. The Labute approximate surface area is 150 Å². The summed E-state index contributed by atoms with van der Waals surface area (Å²) < 4.78 is 5.14. The van der Waals surface area contributed by atoms with Crippen LogP contribution in [0.25, 0.3) is 0 Å². The van der Waals surface area contributed by atoms with Crippen molar-refractivity contribution in [2.45, 2.75) is 25.2 Å². The fraction of sp³-hybridized carbons (Fsp3) is 0.263. The van der Waals surface area contributed by atoms with E-state index in [0.29, 0.717) is 16.5 Å². The van der Waals surface area contributed by atoms with E-state index >= 15 is 0 Å². The molecule has 1 aliphatic rings. The zero-order chi connectivity index (χ0) is 18.0. The summed E-state index contributed by atoms with van der Waals surface area (Å²) in [7, 11) is 0. The number of anilines is 1. The summed E-state index contributed by atoms with van der Waals surface area (Å²) in [4.78, 5) is 23.4. The van der Waals surface area contributed by atoms with Crippen LogP contribution in [0.4, 0.5) is 5.69 Å². The molecular weight excluding hydrogens is 342 g/mol. The maximum absolute atomic E-state index is 12.8. The van der Waals surface area contributed by atoms with Crippen molar-refractivity contribution in [2.24, 2.45) is 0 Å². The molecule has 0 unspecified atom stereocenters. The largest absolute Gasteiger partial charge is 0.482 e. The molecule has 0 atom stereocenters. The third-order valence-corrected chi connectivity index (χ3v) is 4.61. The number of carbonyl (C=O) groups is 2. The summed E-state index contributed by atoms with van der Waals surface area (Å²) >= 11 is 6.05. The van der Waals surface area contributed by atoms with Gasteiger partial charge in [-0.25, -0.2) is 4.79 Å². The number of carboxylic acid groups (broad SMARTS) is 1. The Balaban J connectivity index is 1.74. The summed E-state index contributed by atoms with van der Waals surface area (Å²) in [5.74, 6) is -0.641. The van der Waals surface area contributed by atoms with Crippen LogP contribution in [0.3, 0.4) is 0 Å². The van der Waals surface area contributed by atoms with Crippen LogP contribution in [-0.2, 0) is 15.0 Å². The van der Waals surface area contributed by atoms with Crippen LogP contribution < -0.4 is 10.1 Å². The molecule has 0 aromatic heterocycles. The topological polar surface area (TPSA) is 75.6 Å². The molecule has 0 heterocycles. The van der Waals surface area contributed by atoms with E-state index in [4.69, 9.17) is 21.4 Å². The maximum atomic E-state index is 12.8. The van der Waals surface area contributed by atoms with E-state index < -0.39 is 18.0 Å². The van der Waals surface area contributed by atoms with Crippen molar-refractivity contribution in [1.82, 2.24) is 0 Å². The molecule has 0 saturated heterocycles. The molecule has 0 aliphatic heterocycles. The van der Waals surface area contributed by atoms with Crippen molar-refractivity contribution in [1.29, 1.82) is 0 Å². The first kappa shape index (κ1) is 17.3. The highest BCUT2D eigenvalue weighted by Crippen LogP contribution is 2.49. The molecule has 1 aliphatic carbocycles. The van der Waals surface area contributed by atoms with E-state index in [2.05, 4.69) is 5.32 Å². The predicted molar refractivity (Wildman–Crippen MR) is 95.3 cm³/mol. The highest BCUT2D eigenvalue weighted by atomic mass is 35.5. The first-order valence-electron chi connectivity index (χ1n) is 7.93. The minimum absolute atomic E-state index is 0.0583. The van der Waals surface area contributed by atoms with Crippen molar-refractivity contribution in [2.75, 3.05) is 11.9 Å². The van der Waals surface area contributed by atoms with Crippen LogP contribution in [0.5, 0.6) is 5.75 Å². The fourth-order valence-corrected chi connectivity index (χ4v) is 3.00. The summed E-state index contributed by atoms with van der Waals surface area (Å²) in [5, 5.41) is 12.2. The van der Waals surface area contributed by atoms with E-state index in [1.54, 1.807) is 24.3 Å². The molecule has 1 amide bonds. The van der Waals surface area contributed by atoms with E-state index in [-0.39, 0.29) is 5.91 Å². The lowest BCUT2D eigenvalue weighted by Crippen LogP contribution is -2.28. The van der Waals surface area contributed by atoms with Crippen molar-refractivity contribution >= 4 is 29.2 Å². The van der Waals surface area contributed by atoms with Gasteiger partial charge in [-0.2, -0.15) is 0 Å². The molecule has 0 bridgehead atoms. The smallest absolute Gasteiger partial charge is 0.341 e. The number of hydrogen-bond acceptors (Lipinski definition) is 3. The number of hydrogen-bond donors (Lipinski definition) is 2. The summed E-state index contributed by atoms with van der Waals surface area (Å²) in [6.07, 6.45) is 1.58. The Morgan fingerprint density at radius 3 is 2.60 bits per heavy atom. The molecule has 1 saturated carbocycles. The van der Waals surface area contributed by atoms with Gasteiger partial charge in [-0.3, -0.25) is 4.79 Å². The Morgan fingerprint density at radius 1 is 1.24 bits per heavy atom. The Morgan fingerprint density at radius 2 is 2.00 bits per heavy atom.